The number of hydrogen-bond acceptors (Lipinski definition) is 5. The summed E-state index contributed by atoms with van der Waals surface area (Å²) >= 11 is 0. The molecule has 0 spiro atoms. The lowest BCUT2D eigenvalue weighted by Crippen LogP contribution is -2.45. The second-order valence-corrected chi connectivity index (χ2v) is 16.4. The lowest BCUT2D eigenvalue weighted by molar-refractivity contribution is -0.143. The Hall–Kier alpha value is -1.40. The van der Waals surface area contributed by atoms with Gasteiger partial charge in [0.15, 0.2) is 0 Å². The van der Waals surface area contributed by atoms with Crippen LogP contribution in [0.15, 0.2) is 12.2 Å². The van der Waals surface area contributed by atoms with Crippen LogP contribution < -0.4 is 5.32 Å². The molecule has 2 atom stereocenters. The van der Waals surface area contributed by atoms with Crippen LogP contribution in [0.25, 0.3) is 0 Å². The molecule has 0 saturated heterocycles. The van der Waals surface area contributed by atoms with Gasteiger partial charge in [0.25, 0.3) is 0 Å². The number of aliphatic hydroxyl groups excluding tert-OH is 2. The van der Waals surface area contributed by atoms with E-state index in [-0.39, 0.29) is 18.5 Å². The molecule has 320 valence electrons. The number of aliphatic hydroxyl groups is 2. The topological polar surface area (TPSA) is 95.9 Å². The fourth-order valence-corrected chi connectivity index (χ4v) is 7.32. The summed E-state index contributed by atoms with van der Waals surface area (Å²) in [6, 6.07) is -0.554. The molecule has 0 radical (unpaired) electrons. The van der Waals surface area contributed by atoms with Crippen LogP contribution in [0.2, 0.25) is 0 Å². The summed E-state index contributed by atoms with van der Waals surface area (Å²) in [6.45, 7) is 4.87. The number of amides is 1. The molecule has 0 bridgehead atoms. The van der Waals surface area contributed by atoms with E-state index >= 15 is 0 Å². The van der Waals surface area contributed by atoms with Gasteiger partial charge in [-0.15, -0.1) is 0 Å². The van der Waals surface area contributed by atoms with Crippen LogP contribution in [0.4, 0.5) is 0 Å². The first-order valence-corrected chi connectivity index (χ1v) is 23.9. The van der Waals surface area contributed by atoms with Crippen molar-refractivity contribution in [3.8, 4) is 0 Å². The highest BCUT2D eigenvalue weighted by Gasteiger charge is 2.20. The maximum atomic E-state index is 12.4. The van der Waals surface area contributed by atoms with Crippen molar-refractivity contribution in [2.45, 2.75) is 270 Å². The Bertz CT molecular complexity index is 802. The van der Waals surface area contributed by atoms with Gasteiger partial charge >= 0.3 is 5.97 Å². The highest BCUT2D eigenvalue weighted by molar-refractivity contribution is 5.76. The van der Waals surface area contributed by atoms with E-state index in [1.54, 1.807) is 0 Å². The summed E-state index contributed by atoms with van der Waals surface area (Å²) in [5.74, 6) is -0.0784. The zero-order chi connectivity index (χ0) is 39.4. The van der Waals surface area contributed by atoms with Crippen LogP contribution in [0, 0.1) is 0 Å². The standard InChI is InChI=1S/C48H93NO5/c1-3-5-7-9-11-13-15-16-17-18-21-24-28-32-36-40-46(51)45(44-50)49-47(52)41-37-33-29-25-22-19-23-27-31-35-39-43-54-48(53)42-38-34-30-26-20-14-12-10-8-6-4-2/h10,12,45-46,50-51H,3-9,11,13-44H2,1-2H3,(H,49,52)/b12-10-. The minimum Gasteiger partial charge on any atom is -0.466 e. The van der Waals surface area contributed by atoms with Gasteiger partial charge in [0, 0.05) is 12.8 Å². The smallest absolute Gasteiger partial charge is 0.305 e. The first-order valence-electron chi connectivity index (χ1n) is 23.9. The van der Waals surface area contributed by atoms with Crippen LogP contribution in [0.5, 0.6) is 0 Å². The van der Waals surface area contributed by atoms with E-state index in [0.29, 0.717) is 25.9 Å². The van der Waals surface area contributed by atoms with Crippen molar-refractivity contribution in [1.82, 2.24) is 5.32 Å². The van der Waals surface area contributed by atoms with Crippen molar-refractivity contribution in [2.75, 3.05) is 13.2 Å². The minimum absolute atomic E-state index is 0.0246. The third-order valence-electron chi connectivity index (χ3n) is 11.1. The average Bonchev–Trinajstić information content (AvgIpc) is 3.17. The quantitative estimate of drug-likeness (QED) is 0.0326. The maximum absolute atomic E-state index is 12.4. The first-order chi connectivity index (χ1) is 26.5. The van der Waals surface area contributed by atoms with Crippen molar-refractivity contribution in [1.29, 1.82) is 0 Å². The maximum Gasteiger partial charge on any atom is 0.305 e. The molecule has 3 N–H and O–H groups in total. The molecule has 0 aromatic heterocycles. The van der Waals surface area contributed by atoms with Gasteiger partial charge in [0.1, 0.15) is 0 Å². The third-order valence-corrected chi connectivity index (χ3v) is 11.1. The monoisotopic (exact) mass is 764 g/mol. The van der Waals surface area contributed by atoms with Crippen LogP contribution in [0.1, 0.15) is 258 Å². The molecule has 54 heavy (non-hydrogen) atoms. The molecular formula is C48H93NO5. The summed E-state index contributed by atoms with van der Waals surface area (Å²) in [4.78, 5) is 24.4. The summed E-state index contributed by atoms with van der Waals surface area (Å²) < 4.78 is 5.43. The van der Waals surface area contributed by atoms with E-state index in [0.717, 1.165) is 57.8 Å². The summed E-state index contributed by atoms with van der Waals surface area (Å²) in [5.41, 5.74) is 0. The molecule has 0 aliphatic rings. The lowest BCUT2D eigenvalue weighted by atomic mass is 10.0. The Labute approximate surface area is 336 Å². The van der Waals surface area contributed by atoms with Crippen molar-refractivity contribution in [3.05, 3.63) is 12.2 Å². The van der Waals surface area contributed by atoms with Crippen molar-refractivity contribution in [3.63, 3.8) is 0 Å². The van der Waals surface area contributed by atoms with Gasteiger partial charge < -0.3 is 20.3 Å². The normalized spacial score (nSPS) is 12.7. The molecule has 0 fully saturated rings. The fourth-order valence-electron chi connectivity index (χ4n) is 7.32. The molecule has 1 amide bonds. The summed E-state index contributed by atoms with van der Waals surface area (Å²) in [6.07, 6.45) is 48.8. The Balaban J connectivity index is 3.49. The largest absolute Gasteiger partial charge is 0.466 e. The van der Waals surface area contributed by atoms with Gasteiger partial charge in [0.2, 0.25) is 5.91 Å². The second-order valence-electron chi connectivity index (χ2n) is 16.4. The van der Waals surface area contributed by atoms with E-state index in [2.05, 4.69) is 31.3 Å². The molecule has 2 unspecified atom stereocenters. The molecule has 6 heteroatoms. The number of ether oxygens (including phenoxy) is 1. The molecular weight excluding hydrogens is 671 g/mol. The predicted molar refractivity (Wildman–Crippen MR) is 232 cm³/mol. The van der Waals surface area contributed by atoms with Gasteiger partial charge in [-0.25, -0.2) is 0 Å². The zero-order valence-electron chi connectivity index (χ0n) is 36.2. The summed E-state index contributed by atoms with van der Waals surface area (Å²) in [7, 11) is 0. The molecule has 0 heterocycles. The Morgan fingerprint density at radius 3 is 1.37 bits per heavy atom. The van der Waals surface area contributed by atoms with Crippen LogP contribution in [0.3, 0.4) is 0 Å². The third kappa shape index (κ3) is 40.3. The molecule has 0 saturated carbocycles. The molecule has 0 rings (SSSR count). The first kappa shape index (κ1) is 52.6. The summed E-state index contributed by atoms with van der Waals surface area (Å²) in [5, 5.41) is 23.2. The van der Waals surface area contributed by atoms with E-state index in [9.17, 15) is 19.8 Å². The molecule has 0 aliphatic heterocycles. The van der Waals surface area contributed by atoms with Crippen LogP contribution in [-0.2, 0) is 14.3 Å². The van der Waals surface area contributed by atoms with Crippen LogP contribution in [-0.4, -0.2) is 47.4 Å². The second kappa shape index (κ2) is 44.3. The van der Waals surface area contributed by atoms with Gasteiger partial charge in [-0.3, -0.25) is 9.59 Å². The predicted octanol–water partition coefficient (Wildman–Crippen LogP) is 13.8. The highest BCUT2D eigenvalue weighted by Crippen LogP contribution is 2.16. The molecule has 0 aromatic carbocycles. The van der Waals surface area contributed by atoms with Crippen molar-refractivity contribution in [2.24, 2.45) is 0 Å². The zero-order valence-corrected chi connectivity index (χ0v) is 36.2. The van der Waals surface area contributed by atoms with E-state index in [4.69, 9.17) is 4.74 Å². The van der Waals surface area contributed by atoms with Crippen LogP contribution >= 0.6 is 0 Å². The van der Waals surface area contributed by atoms with Crippen molar-refractivity contribution >= 4 is 11.9 Å². The van der Waals surface area contributed by atoms with Gasteiger partial charge in [-0.05, 0) is 44.9 Å². The molecule has 6 nitrogen and oxygen atoms in total. The number of rotatable bonds is 44. The van der Waals surface area contributed by atoms with E-state index in [1.807, 2.05) is 0 Å². The van der Waals surface area contributed by atoms with Crippen molar-refractivity contribution < 1.29 is 24.5 Å². The Morgan fingerprint density at radius 1 is 0.500 bits per heavy atom. The average molecular weight is 764 g/mol. The Morgan fingerprint density at radius 2 is 0.889 bits per heavy atom. The molecule has 0 aliphatic carbocycles. The number of nitrogens with one attached hydrogen (secondary N) is 1. The van der Waals surface area contributed by atoms with E-state index < -0.39 is 12.1 Å². The highest BCUT2D eigenvalue weighted by atomic mass is 16.5. The lowest BCUT2D eigenvalue weighted by Gasteiger charge is -2.22. The van der Waals surface area contributed by atoms with Gasteiger partial charge in [-0.1, -0.05) is 212 Å². The minimum atomic E-state index is -0.675. The number of allylic oxidation sites excluding steroid dienone is 2. The van der Waals surface area contributed by atoms with E-state index in [1.165, 1.54) is 167 Å². The van der Waals surface area contributed by atoms with Gasteiger partial charge in [0.05, 0.1) is 25.4 Å². The van der Waals surface area contributed by atoms with Gasteiger partial charge in [-0.2, -0.15) is 0 Å². The molecule has 0 aromatic rings. The number of carbonyl (C=O) groups is 2. The number of hydrogen-bond donors (Lipinski definition) is 3. The Kier molecular flexibility index (Phi) is 43.2. The number of esters is 1. The number of carbonyl (C=O) groups excluding carboxylic acids is 2. The SMILES string of the molecule is CCCC/C=C\CCCCCCCC(=O)OCCCCCCCCCCCCCC(=O)NC(CO)C(O)CCCCCCCCCCCCCCCCC. The number of unbranched alkanes of at least 4 members (excludes halogenated alkanes) is 31. The fraction of sp³-hybridized carbons (Fsp3) is 0.917.